The fourth-order valence-electron chi connectivity index (χ4n) is 2.40. The lowest BCUT2D eigenvalue weighted by molar-refractivity contribution is -0.119. The maximum Gasteiger partial charge on any atom is 0.344 e. The average molecular weight is 405 g/mol. The second kappa shape index (κ2) is 8.24. The molecule has 0 aliphatic carbocycles. The Balaban J connectivity index is 1.70. The quantitative estimate of drug-likeness (QED) is 0.620. The molecule has 0 aliphatic rings. The number of carbonyl (C=O) groups excluding carboxylic acids is 2. The van der Waals surface area contributed by atoms with Crippen LogP contribution in [0.3, 0.4) is 0 Å². The fraction of sp³-hybridized carbons (Fsp3) is 0.105. The maximum atomic E-state index is 12.5. The zero-order valence-electron chi connectivity index (χ0n) is 14.2. The SMILES string of the molecule is Cc1onc(-c2ccccc2)c1C(=O)OCC(=O)Nc1c(Cl)cccc1Cl. The van der Waals surface area contributed by atoms with Gasteiger partial charge in [-0.2, -0.15) is 0 Å². The van der Waals surface area contributed by atoms with E-state index in [1.54, 1.807) is 37.3 Å². The molecule has 8 heteroatoms. The molecule has 0 saturated carbocycles. The molecule has 1 aromatic heterocycles. The highest BCUT2D eigenvalue weighted by molar-refractivity contribution is 6.39. The number of carbonyl (C=O) groups is 2. The van der Waals surface area contributed by atoms with E-state index in [-0.39, 0.29) is 21.3 Å². The molecule has 3 rings (SSSR count). The topological polar surface area (TPSA) is 81.4 Å². The van der Waals surface area contributed by atoms with Crippen molar-refractivity contribution in [3.63, 3.8) is 0 Å². The summed E-state index contributed by atoms with van der Waals surface area (Å²) >= 11 is 12.0. The van der Waals surface area contributed by atoms with Gasteiger partial charge in [0.2, 0.25) is 0 Å². The molecule has 3 aromatic rings. The van der Waals surface area contributed by atoms with Crippen molar-refractivity contribution in [1.82, 2.24) is 5.16 Å². The summed E-state index contributed by atoms with van der Waals surface area (Å²) in [5, 5.41) is 7.00. The number of aromatic nitrogens is 1. The lowest BCUT2D eigenvalue weighted by Crippen LogP contribution is -2.21. The molecule has 0 bridgehead atoms. The van der Waals surface area contributed by atoms with Crippen LogP contribution < -0.4 is 5.32 Å². The van der Waals surface area contributed by atoms with Gasteiger partial charge in [0.15, 0.2) is 6.61 Å². The van der Waals surface area contributed by atoms with E-state index < -0.39 is 18.5 Å². The first-order valence-corrected chi connectivity index (χ1v) is 8.65. The van der Waals surface area contributed by atoms with Gasteiger partial charge in [0.25, 0.3) is 5.91 Å². The number of benzene rings is 2. The van der Waals surface area contributed by atoms with E-state index in [1.165, 1.54) is 0 Å². The molecule has 0 radical (unpaired) electrons. The summed E-state index contributed by atoms with van der Waals surface area (Å²) in [5.74, 6) is -0.991. The molecule has 0 saturated heterocycles. The fourth-order valence-corrected chi connectivity index (χ4v) is 2.89. The Kier molecular flexibility index (Phi) is 5.78. The minimum absolute atomic E-state index is 0.171. The Hall–Kier alpha value is -2.83. The number of rotatable bonds is 5. The molecule has 0 spiro atoms. The number of nitrogens with zero attached hydrogens (tertiary/aromatic N) is 1. The Bertz CT molecular complexity index is 966. The van der Waals surface area contributed by atoms with Gasteiger partial charge in [0.1, 0.15) is 17.0 Å². The van der Waals surface area contributed by atoms with Crippen molar-refractivity contribution in [1.29, 1.82) is 0 Å². The van der Waals surface area contributed by atoms with Gasteiger partial charge in [0.05, 0.1) is 15.7 Å². The standard InChI is InChI=1S/C19H14Cl2N2O4/c1-11-16(17(23-27-11)12-6-3-2-4-7-12)19(25)26-10-15(24)22-18-13(20)8-5-9-14(18)21/h2-9H,10H2,1H3,(H,22,24). The van der Waals surface area contributed by atoms with Crippen molar-refractivity contribution < 1.29 is 18.8 Å². The summed E-state index contributed by atoms with van der Waals surface area (Å²) in [6.07, 6.45) is 0. The largest absolute Gasteiger partial charge is 0.452 e. The highest BCUT2D eigenvalue weighted by Gasteiger charge is 2.23. The van der Waals surface area contributed by atoms with Crippen molar-refractivity contribution in [3.05, 3.63) is 69.9 Å². The van der Waals surface area contributed by atoms with Crippen molar-refractivity contribution in [2.75, 3.05) is 11.9 Å². The number of ether oxygens (including phenoxy) is 1. The van der Waals surface area contributed by atoms with E-state index in [2.05, 4.69) is 10.5 Å². The van der Waals surface area contributed by atoms with Crippen LogP contribution in [0.2, 0.25) is 10.0 Å². The van der Waals surface area contributed by atoms with Crippen LogP contribution >= 0.6 is 23.2 Å². The Morgan fingerprint density at radius 3 is 2.41 bits per heavy atom. The van der Waals surface area contributed by atoms with E-state index >= 15 is 0 Å². The lowest BCUT2D eigenvalue weighted by atomic mass is 10.1. The first-order valence-electron chi connectivity index (χ1n) is 7.90. The monoisotopic (exact) mass is 404 g/mol. The molecule has 138 valence electrons. The third kappa shape index (κ3) is 4.30. The number of hydrogen-bond donors (Lipinski definition) is 1. The third-order valence-corrected chi connectivity index (χ3v) is 4.31. The molecule has 0 aliphatic heterocycles. The van der Waals surface area contributed by atoms with Gasteiger partial charge in [-0.05, 0) is 19.1 Å². The van der Waals surface area contributed by atoms with Crippen molar-refractivity contribution in [3.8, 4) is 11.3 Å². The van der Waals surface area contributed by atoms with Crippen LogP contribution in [0.4, 0.5) is 5.69 Å². The summed E-state index contributed by atoms with van der Waals surface area (Å²) in [4.78, 5) is 24.5. The van der Waals surface area contributed by atoms with E-state index in [4.69, 9.17) is 32.5 Å². The molecule has 1 N–H and O–H groups in total. The minimum Gasteiger partial charge on any atom is -0.452 e. The molecule has 27 heavy (non-hydrogen) atoms. The first kappa shape index (κ1) is 18.9. The van der Waals surface area contributed by atoms with Crippen molar-refractivity contribution in [2.45, 2.75) is 6.92 Å². The number of nitrogens with one attached hydrogen (secondary N) is 1. The van der Waals surface area contributed by atoms with Gasteiger partial charge in [-0.3, -0.25) is 4.79 Å². The van der Waals surface area contributed by atoms with Crippen LogP contribution in [0.25, 0.3) is 11.3 Å². The average Bonchev–Trinajstić information content (AvgIpc) is 3.05. The molecule has 1 amide bonds. The number of halogens is 2. The number of amides is 1. The smallest absolute Gasteiger partial charge is 0.344 e. The summed E-state index contributed by atoms with van der Waals surface area (Å²) in [5.41, 5.74) is 1.49. The number of anilines is 1. The molecule has 1 heterocycles. The van der Waals surface area contributed by atoms with Crippen LogP contribution in [0.15, 0.2) is 53.1 Å². The maximum absolute atomic E-state index is 12.5. The van der Waals surface area contributed by atoms with Gasteiger partial charge in [-0.15, -0.1) is 0 Å². The van der Waals surface area contributed by atoms with Crippen LogP contribution in [-0.2, 0) is 9.53 Å². The van der Waals surface area contributed by atoms with E-state index in [1.807, 2.05) is 18.2 Å². The molecule has 6 nitrogen and oxygen atoms in total. The predicted octanol–water partition coefficient (Wildman–Crippen LogP) is 4.75. The Labute approximate surface area is 165 Å². The zero-order chi connectivity index (χ0) is 19.4. The zero-order valence-corrected chi connectivity index (χ0v) is 15.7. The second-order valence-electron chi connectivity index (χ2n) is 5.55. The molecular weight excluding hydrogens is 391 g/mol. The predicted molar refractivity (Wildman–Crippen MR) is 102 cm³/mol. The number of aryl methyl sites for hydroxylation is 1. The summed E-state index contributed by atoms with van der Waals surface area (Å²) in [6, 6.07) is 13.9. The highest BCUT2D eigenvalue weighted by atomic mass is 35.5. The first-order chi connectivity index (χ1) is 13.0. The summed E-state index contributed by atoms with van der Waals surface area (Å²) < 4.78 is 10.2. The molecule has 0 atom stereocenters. The van der Waals surface area contributed by atoms with Gasteiger partial charge >= 0.3 is 5.97 Å². The van der Waals surface area contributed by atoms with Gasteiger partial charge in [-0.25, -0.2) is 4.79 Å². The Morgan fingerprint density at radius 2 is 1.74 bits per heavy atom. The number of para-hydroxylation sites is 1. The van der Waals surface area contributed by atoms with E-state index in [9.17, 15) is 9.59 Å². The van der Waals surface area contributed by atoms with Gasteiger partial charge in [-0.1, -0.05) is 64.8 Å². The highest BCUT2D eigenvalue weighted by Crippen LogP contribution is 2.30. The van der Waals surface area contributed by atoms with Crippen molar-refractivity contribution >= 4 is 40.8 Å². The van der Waals surface area contributed by atoms with E-state index in [0.29, 0.717) is 17.0 Å². The second-order valence-corrected chi connectivity index (χ2v) is 6.36. The van der Waals surface area contributed by atoms with Crippen LogP contribution in [0, 0.1) is 6.92 Å². The summed E-state index contributed by atoms with van der Waals surface area (Å²) in [7, 11) is 0. The van der Waals surface area contributed by atoms with Crippen LogP contribution in [-0.4, -0.2) is 23.6 Å². The lowest BCUT2D eigenvalue weighted by Gasteiger charge is -2.09. The molecule has 2 aromatic carbocycles. The Morgan fingerprint density at radius 1 is 1.07 bits per heavy atom. The van der Waals surface area contributed by atoms with Crippen LogP contribution in [0.5, 0.6) is 0 Å². The normalized spacial score (nSPS) is 10.5. The summed E-state index contributed by atoms with van der Waals surface area (Å²) in [6.45, 7) is 1.08. The number of hydrogen-bond acceptors (Lipinski definition) is 5. The van der Waals surface area contributed by atoms with Crippen LogP contribution in [0.1, 0.15) is 16.1 Å². The molecule has 0 unspecified atom stereocenters. The number of esters is 1. The minimum atomic E-state index is -0.715. The molecular formula is C19H14Cl2N2O4. The third-order valence-electron chi connectivity index (χ3n) is 3.68. The van der Waals surface area contributed by atoms with Crippen molar-refractivity contribution in [2.24, 2.45) is 0 Å². The molecule has 0 fully saturated rings. The van der Waals surface area contributed by atoms with Gasteiger partial charge in [0, 0.05) is 5.56 Å². The van der Waals surface area contributed by atoms with E-state index in [0.717, 1.165) is 0 Å². The van der Waals surface area contributed by atoms with Gasteiger partial charge < -0.3 is 14.6 Å².